The molecule has 5 rings (SSSR count). The third-order valence-electron chi connectivity index (χ3n) is 6.65. The molecule has 9 heteroatoms. The number of carboxylic acids is 1. The van der Waals surface area contributed by atoms with E-state index in [1.54, 1.807) is 6.20 Å². The molecule has 1 saturated heterocycles. The maximum Gasteiger partial charge on any atom is 0.325 e. The van der Waals surface area contributed by atoms with Crippen molar-refractivity contribution in [2.24, 2.45) is 5.92 Å². The molecule has 2 aliphatic heterocycles. The first kappa shape index (κ1) is 23.2. The number of amides is 1. The van der Waals surface area contributed by atoms with Crippen molar-refractivity contribution in [3.63, 3.8) is 0 Å². The number of nitrogens with zero attached hydrogens (tertiary/aromatic N) is 2. The highest BCUT2D eigenvalue weighted by Gasteiger charge is 2.32. The number of carbonyl (C=O) groups is 2. The first-order valence-electron chi connectivity index (χ1n) is 11.9. The van der Waals surface area contributed by atoms with E-state index in [1.807, 2.05) is 55.1 Å². The summed E-state index contributed by atoms with van der Waals surface area (Å²) in [5.41, 5.74) is 3.37. The monoisotopic (exact) mass is 478 g/mol. The molecule has 0 radical (unpaired) electrons. The number of ether oxygens (including phenoxy) is 2. The standard InChI is InChI=1S/C26H30N4O5/c1-16(2)25(31)28-18-4-5-19-20(13-27-21(19)12-18)24(26(32)33)30-9-7-29(8-10-30)14-17-3-6-22-23(11-17)35-15-34-22/h3-6,11-13,16,24,27H,7-10,14-15H2,1-2H3,(H,28,31)(H,32,33)/t24-/m0/s1. The van der Waals surface area contributed by atoms with Gasteiger partial charge >= 0.3 is 5.97 Å². The lowest BCUT2D eigenvalue weighted by molar-refractivity contribution is -0.144. The van der Waals surface area contributed by atoms with Crippen molar-refractivity contribution in [1.82, 2.24) is 14.8 Å². The van der Waals surface area contributed by atoms with Gasteiger partial charge in [-0.25, -0.2) is 0 Å². The van der Waals surface area contributed by atoms with Gasteiger partial charge in [-0.1, -0.05) is 26.0 Å². The number of aromatic amines is 1. The number of hydrogen-bond donors (Lipinski definition) is 3. The molecule has 0 bridgehead atoms. The normalized spacial score (nSPS) is 17.1. The fraction of sp³-hybridized carbons (Fsp3) is 0.385. The first-order chi connectivity index (χ1) is 16.9. The second kappa shape index (κ2) is 9.59. The maximum absolute atomic E-state index is 12.4. The molecule has 9 nitrogen and oxygen atoms in total. The number of nitrogens with one attached hydrogen (secondary N) is 2. The molecule has 3 heterocycles. The van der Waals surface area contributed by atoms with Crippen molar-refractivity contribution in [2.45, 2.75) is 26.4 Å². The van der Waals surface area contributed by atoms with Gasteiger partial charge in [0.1, 0.15) is 6.04 Å². The Labute approximate surface area is 203 Å². The number of anilines is 1. The van der Waals surface area contributed by atoms with Crippen LogP contribution in [0.25, 0.3) is 10.9 Å². The Hall–Kier alpha value is -3.56. The number of aliphatic carboxylic acids is 1. The van der Waals surface area contributed by atoms with Gasteiger partial charge in [-0.3, -0.25) is 19.4 Å². The third kappa shape index (κ3) is 4.82. The minimum Gasteiger partial charge on any atom is -0.480 e. The Bertz CT molecular complexity index is 1250. The molecule has 35 heavy (non-hydrogen) atoms. The molecule has 2 aliphatic rings. The average molecular weight is 479 g/mol. The van der Waals surface area contributed by atoms with E-state index in [4.69, 9.17) is 9.47 Å². The molecular formula is C26H30N4O5. The molecule has 2 aromatic carbocycles. The van der Waals surface area contributed by atoms with Crippen LogP contribution in [0.1, 0.15) is 31.0 Å². The molecule has 1 aromatic heterocycles. The first-order valence-corrected chi connectivity index (χ1v) is 11.9. The fourth-order valence-corrected chi connectivity index (χ4v) is 4.70. The summed E-state index contributed by atoms with van der Waals surface area (Å²) in [6.07, 6.45) is 1.77. The Morgan fingerprint density at radius 3 is 2.57 bits per heavy atom. The Kier molecular flexibility index (Phi) is 6.36. The Morgan fingerprint density at radius 2 is 1.83 bits per heavy atom. The molecule has 3 aromatic rings. The summed E-state index contributed by atoms with van der Waals surface area (Å²) in [5, 5.41) is 13.9. The number of benzene rings is 2. The molecule has 0 saturated carbocycles. The predicted molar refractivity (Wildman–Crippen MR) is 132 cm³/mol. The number of fused-ring (bicyclic) bond motifs is 2. The third-order valence-corrected chi connectivity index (χ3v) is 6.65. The van der Waals surface area contributed by atoms with Gasteiger partial charge in [0, 0.05) is 67.0 Å². The van der Waals surface area contributed by atoms with E-state index in [0.29, 0.717) is 18.8 Å². The van der Waals surface area contributed by atoms with Gasteiger partial charge in [-0.2, -0.15) is 0 Å². The van der Waals surface area contributed by atoms with E-state index < -0.39 is 12.0 Å². The van der Waals surface area contributed by atoms with E-state index in [-0.39, 0.29) is 18.6 Å². The molecule has 0 unspecified atom stereocenters. The van der Waals surface area contributed by atoms with Crippen LogP contribution in [0.15, 0.2) is 42.6 Å². The van der Waals surface area contributed by atoms with Crippen molar-refractivity contribution >= 4 is 28.5 Å². The van der Waals surface area contributed by atoms with Gasteiger partial charge in [-0.15, -0.1) is 0 Å². The lowest BCUT2D eigenvalue weighted by Crippen LogP contribution is -2.48. The summed E-state index contributed by atoms with van der Waals surface area (Å²) in [6.45, 7) is 7.56. The van der Waals surface area contributed by atoms with Gasteiger partial charge in [0.05, 0.1) is 0 Å². The number of aromatic nitrogens is 1. The highest BCUT2D eigenvalue weighted by atomic mass is 16.7. The molecule has 0 spiro atoms. The lowest BCUT2D eigenvalue weighted by atomic mass is 10.0. The number of carbonyl (C=O) groups excluding carboxylic acids is 1. The maximum atomic E-state index is 12.4. The zero-order valence-corrected chi connectivity index (χ0v) is 19.9. The Balaban J connectivity index is 1.27. The van der Waals surface area contributed by atoms with Crippen LogP contribution in [0, 0.1) is 5.92 Å². The highest BCUT2D eigenvalue weighted by Crippen LogP contribution is 2.34. The van der Waals surface area contributed by atoms with Crippen molar-refractivity contribution in [1.29, 1.82) is 0 Å². The minimum absolute atomic E-state index is 0.0573. The van der Waals surface area contributed by atoms with E-state index in [2.05, 4.69) is 15.2 Å². The van der Waals surface area contributed by atoms with Gasteiger partial charge in [0.2, 0.25) is 12.7 Å². The topological polar surface area (TPSA) is 107 Å². The zero-order chi connectivity index (χ0) is 24.5. The van der Waals surface area contributed by atoms with Gasteiger partial charge in [0.15, 0.2) is 11.5 Å². The number of hydrogen-bond acceptors (Lipinski definition) is 6. The number of rotatable bonds is 7. The Morgan fingerprint density at radius 1 is 1.06 bits per heavy atom. The van der Waals surface area contributed by atoms with E-state index >= 15 is 0 Å². The number of piperazine rings is 1. The summed E-state index contributed by atoms with van der Waals surface area (Å²) in [5.74, 6) is 0.504. The average Bonchev–Trinajstić information content (AvgIpc) is 3.47. The summed E-state index contributed by atoms with van der Waals surface area (Å²) in [4.78, 5) is 31.9. The smallest absolute Gasteiger partial charge is 0.325 e. The van der Waals surface area contributed by atoms with Gasteiger partial charge in [0.25, 0.3) is 0 Å². The molecular weight excluding hydrogens is 448 g/mol. The van der Waals surface area contributed by atoms with E-state index in [0.717, 1.165) is 53.2 Å². The van der Waals surface area contributed by atoms with Gasteiger partial charge < -0.3 is 24.9 Å². The fourth-order valence-electron chi connectivity index (χ4n) is 4.70. The van der Waals surface area contributed by atoms with Crippen LogP contribution in [-0.2, 0) is 16.1 Å². The summed E-state index contributed by atoms with van der Waals surface area (Å²) >= 11 is 0. The van der Waals surface area contributed by atoms with Crippen LogP contribution in [0.3, 0.4) is 0 Å². The summed E-state index contributed by atoms with van der Waals surface area (Å²) in [7, 11) is 0. The lowest BCUT2D eigenvalue weighted by Gasteiger charge is -2.37. The second-order valence-corrected chi connectivity index (χ2v) is 9.39. The number of H-pyrrole nitrogens is 1. The zero-order valence-electron chi connectivity index (χ0n) is 19.9. The van der Waals surface area contributed by atoms with Crippen molar-refractivity contribution in [3.8, 4) is 11.5 Å². The number of carboxylic acid groups (broad SMARTS) is 1. The summed E-state index contributed by atoms with van der Waals surface area (Å²) in [6, 6.07) is 10.8. The second-order valence-electron chi connectivity index (χ2n) is 9.39. The predicted octanol–water partition coefficient (Wildman–Crippen LogP) is 3.43. The molecule has 0 aliphatic carbocycles. The SMILES string of the molecule is CC(C)C(=O)Nc1ccc2c([C@@H](C(=O)O)N3CCN(Cc4ccc5c(c4)OCO5)CC3)c[nH]c2c1. The largest absolute Gasteiger partial charge is 0.480 e. The minimum atomic E-state index is -0.868. The van der Waals surface area contributed by atoms with E-state index in [1.165, 1.54) is 0 Å². The summed E-state index contributed by atoms with van der Waals surface area (Å²) < 4.78 is 10.9. The van der Waals surface area contributed by atoms with Crippen molar-refractivity contribution in [3.05, 3.63) is 53.7 Å². The van der Waals surface area contributed by atoms with Crippen molar-refractivity contribution in [2.75, 3.05) is 38.3 Å². The van der Waals surface area contributed by atoms with Crippen LogP contribution in [0.4, 0.5) is 5.69 Å². The van der Waals surface area contributed by atoms with Crippen molar-refractivity contribution < 1.29 is 24.2 Å². The highest BCUT2D eigenvalue weighted by molar-refractivity contribution is 5.96. The molecule has 184 valence electrons. The van der Waals surface area contributed by atoms with Crippen LogP contribution < -0.4 is 14.8 Å². The van der Waals surface area contributed by atoms with E-state index in [9.17, 15) is 14.7 Å². The van der Waals surface area contributed by atoms with Crippen LogP contribution in [0.5, 0.6) is 11.5 Å². The molecule has 1 fully saturated rings. The molecule has 1 amide bonds. The van der Waals surface area contributed by atoms with Gasteiger partial charge in [-0.05, 0) is 29.8 Å². The quantitative estimate of drug-likeness (QED) is 0.478. The molecule has 1 atom stereocenters. The van der Waals surface area contributed by atoms with Crippen LogP contribution in [0.2, 0.25) is 0 Å². The van der Waals surface area contributed by atoms with Crippen LogP contribution in [-0.4, -0.2) is 64.7 Å². The molecule has 3 N–H and O–H groups in total. The van der Waals surface area contributed by atoms with Crippen LogP contribution >= 0.6 is 0 Å².